The van der Waals surface area contributed by atoms with Crippen molar-refractivity contribution >= 4 is 0 Å². The summed E-state index contributed by atoms with van der Waals surface area (Å²) in [7, 11) is 1.60. The lowest BCUT2D eigenvalue weighted by atomic mass is 9.86. The summed E-state index contributed by atoms with van der Waals surface area (Å²) < 4.78 is 5.15. The Labute approximate surface area is 100 Å². The molecule has 0 heterocycles. The molecule has 0 N–H and O–H groups in total. The van der Waals surface area contributed by atoms with E-state index in [1.807, 2.05) is 24.3 Å². The van der Waals surface area contributed by atoms with Crippen LogP contribution >= 0.6 is 0 Å². The van der Waals surface area contributed by atoms with Gasteiger partial charge in [0.15, 0.2) is 0 Å². The zero-order chi connectivity index (χ0) is 12.3. The molecule has 0 aliphatic heterocycles. The third kappa shape index (κ3) is 2.46. The van der Waals surface area contributed by atoms with Crippen molar-refractivity contribution in [3.05, 3.63) is 51.7 Å². The van der Waals surface area contributed by atoms with E-state index >= 15 is 0 Å². The summed E-state index contributed by atoms with van der Waals surface area (Å²) in [6.45, 7) is 0. The molecule has 17 heavy (non-hydrogen) atoms. The molecular formula is C13H15NO3. The van der Waals surface area contributed by atoms with E-state index in [1.165, 1.54) is 0 Å². The van der Waals surface area contributed by atoms with E-state index < -0.39 is 0 Å². The van der Waals surface area contributed by atoms with Gasteiger partial charge in [0, 0.05) is 0 Å². The summed E-state index contributed by atoms with van der Waals surface area (Å²) in [5, 5.41) is 11.0. The third-order valence-corrected chi connectivity index (χ3v) is 3.11. The first kappa shape index (κ1) is 11.6. The predicted octanol–water partition coefficient (Wildman–Crippen LogP) is 3.12. The largest absolute Gasteiger partial charge is 0.497 e. The lowest BCUT2D eigenvalue weighted by molar-refractivity contribution is -0.431. The standard InChI is InChI=1S/C13H15NO3/c1-17-11-6-4-5-10(9-11)12-7-2-3-8-13(12)14(15)16/h4-6,8-9,12H,2-3,7H2,1H3/t12-/m1/s1. The van der Waals surface area contributed by atoms with Gasteiger partial charge in [-0.25, -0.2) is 0 Å². The number of allylic oxidation sites excluding steroid dienone is 2. The van der Waals surface area contributed by atoms with Crippen LogP contribution in [0, 0.1) is 10.1 Å². The molecule has 90 valence electrons. The number of rotatable bonds is 3. The zero-order valence-electron chi connectivity index (χ0n) is 9.76. The van der Waals surface area contributed by atoms with Crippen molar-refractivity contribution in [2.75, 3.05) is 7.11 Å². The van der Waals surface area contributed by atoms with Crippen LogP contribution < -0.4 is 4.74 Å². The van der Waals surface area contributed by atoms with Gasteiger partial charge in [-0.3, -0.25) is 10.1 Å². The highest BCUT2D eigenvalue weighted by Gasteiger charge is 2.28. The Hall–Kier alpha value is -1.84. The van der Waals surface area contributed by atoms with Crippen molar-refractivity contribution < 1.29 is 9.66 Å². The van der Waals surface area contributed by atoms with Gasteiger partial charge in [-0.1, -0.05) is 12.1 Å². The number of hydrogen-bond donors (Lipinski definition) is 0. The third-order valence-electron chi connectivity index (χ3n) is 3.11. The number of methoxy groups -OCH3 is 1. The van der Waals surface area contributed by atoms with E-state index in [1.54, 1.807) is 13.2 Å². The van der Waals surface area contributed by atoms with Crippen molar-refractivity contribution in [3.8, 4) is 5.75 Å². The Morgan fingerprint density at radius 2 is 2.29 bits per heavy atom. The first-order chi connectivity index (χ1) is 8.22. The van der Waals surface area contributed by atoms with Crippen LogP contribution in [0.3, 0.4) is 0 Å². The van der Waals surface area contributed by atoms with Crippen LogP contribution in [-0.4, -0.2) is 12.0 Å². The van der Waals surface area contributed by atoms with Gasteiger partial charge in [0.05, 0.1) is 18.0 Å². The van der Waals surface area contributed by atoms with E-state index in [4.69, 9.17) is 4.74 Å². The molecular weight excluding hydrogens is 218 g/mol. The maximum absolute atomic E-state index is 11.0. The second kappa shape index (κ2) is 4.99. The minimum Gasteiger partial charge on any atom is -0.497 e. The fourth-order valence-corrected chi connectivity index (χ4v) is 2.26. The van der Waals surface area contributed by atoms with E-state index in [0.717, 1.165) is 30.6 Å². The molecule has 1 aromatic rings. The summed E-state index contributed by atoms with van der Waals surface area (Å²) in [5.41, 5.74) is 1.29. The van der Waals surface area contributed by atoms with Gasteiger partial charge in [-0.2, -0.15) is 0 Å². The highest BCUT2D eigenvalue weighted by molar-refractivity contribution is 5.34. The number of hydrogen-bond acceptors (Lipinski definition) is 3. The topological polar surface area (TPSA) is 52.4 Å². The van der Waals surface area contributed by atoms with Gasteiger partial charge >= 0.3 is 0 Å². The Morgan fingerprint density at radius 3 is 3.00 bits per heavy atom. The highest BCUT2D eigenvalue weighted by atomic mass is 16.6. The average molecular weight is 233 g/mol. The van der Waals surface area contributed by atoms with Crippen molar-refractivity contribution in [1.29, 1.82) is 0 Å². The molecule has 0 saturated carbocycles. The second-order valence-electron chi connectivity index (χ2n) is 4.15. The Bertz CT molecular complexity index is 454. The minimum absolute atomic E-state index is 0.103. The van der Waals surface area contributed by atoms with E-state index in [9.17, 15) is 10.1 Å². The van der Waals surface area contributed by atoms with Crippen LogP contribution in [0.5, 0.6) is 5.75 Å². The predicted molar refractivity (Wildman–Crippen MR) is 64.7 cm³/mol. The lowest BCUT2D eigenvalue weighted by Gasteiger charge is -2.18. The molecule has 0 bridgehead atoms. The molecule has 1 aliphatic rings. The van der Waals surface area contributed by atoms with Gasteiger partial charge in [0.25, 0.3) is 0 Å². The molecule has 0 amide bonds. The summed E-state index contributed by atoms with van der Waals surface area (Å²) in [6.07, 6.45) is 4.38. The molecule has 4 heteroatoms. The first-order valence-electron chi connectivity index (χ1n) is 5.71. The quantitative estimate of drug-likeness (QED) is 0.595. The summed E-state index contributed by atoms with van der Waals surface area (Å²) in [6, 6.07) is 7.53. The molecule has 1 atom stereocenters. The molecule has 0 spiro atoms. The van der Waals surface area contributed by atoms with Crippen LogP contribution in [-0.2, 0) is 0 Å². The van der Waals surface area contributed by atoms with Crippen molar-refractivity contribution in [2.45, 2.75) is 25.2 Å². The highest BCUT2D eigenvalue weighted by Crippen LogP contribution is 2.35. The van der Waals surface area contributed by atoms with Gasteiger partial charge in [0.1, 0.15) is 5.75 Å². The molecule has 1 aromatic carbocycles. The minimum atomic E-state index is -0.261. The Balaban J connectivity index is 2.34. The van der Waals surface area contributed by atoms with Crippen LogP contribution in [0.15, 0.2) is 36.0 Å². The smallest absolute Gasteiger partial charge is 0.249 e. The van der Waals surface area contributed by atoms with E-state index in [2.05, 4.69) is 0 Å². The zero-order valence-corrected chi connectivity index (χ0v) is 9.76. The van der Waals surface area contributed by atoms with Crippen LogP contribution in [0.2, 0.25) is 0 Å². The molecule has 1 aliphatic carbocycles. The van der Waals surface area contributed by atoms with Crippen molar-refractivity contribution in [1.82, 2.24) is 0 Å². The van der Waals surface area contributed by atoms with Gasteiger partial charge < -0.3 is 4.74 Å². The normalized spacial score (nSPS) is 19.6. The van der Waals surface area contributed by atoms with Gasteiger partial charge in [-0.15, -0.1) is 0 Å². The summed E-state index contributed by atoms with van der Waals surface area (Å²) in [4.78, 5) is 10.7. The summed E-state index contributed by atoms with van der Waals surface area (Å²) >= 11 is 0. The van der Waals surface area contributed by atoms with E-state index in [-0.39, 0.29) is 10.8 Å². The SMILES string of the molecule is COc1cccc([C@H]2CCCC=C2[N+](=O)[O-])c1. The monoisotopic (exact) mass is 233 g/mol. The fraction of sp³-hybridized carbons (Fsp3) is 0.385. The fourth-order valence-electron chi connectivity index (χ4n) is 2.26. The molecule has 0 radical (unpaired) electrons. The van der Waals surface area contributed by atoms with E-state index in [0.29, 0.717) is 5.70 Å². The maximum Gasteiger partial charge on any atom is 0.249 e. The Morgan fingerprint density at radius 1 is 1.47 bits per heavy atom. The lowest BCUT2D eigenvalue weighted by Crippen LogP contribution is -2.13. The van der Waals surface area contributed by atoms with Crippen LogP contribution in [0.1, 0.15) is 30.7 Å². The number of ether oxygens (including phenoxy) is 1. The maximum atomic E-state index is 11.0. The number of benzene rings is 1. The van der Waals surface area contributed by atoms with Crippen LogP contribution in [0.25, 0.3) is 0 Å². The van der Waals surface area contributed by atoms with Crippen LogP contribution in [0.4, 0.5) is 0 Å². The summed E-state index contributed by atoms with van der Waals surface area (Å²) in [5.74, 6) is 0.643. The first-order valence-corrected chi connectivity index (χ1v) is 5.71. The molecule has 0 fully saturated rings. The molecule has 4 nitrogen and oxygen atoms in total. The van der Waals surface area contributed by atoms with Gasteiger partial charge in [0.2, 0.25) is 5.70 Å². The molecule has 0 saturated heterocycles. The number of nitrogens with zero attached hydrogens (tertiary/aromatic N) is 1. The van der Waals surface area contributed by atoms with Gasteiger partial charge in [-0.05, 0) is 43.0 Å². The average Bonchev–Trinajstić information content (AvgIpc) is 2.39. The van der Waals surface area contributed by atoms with Crippen molar-refractivity contribution in [2.24, 2.45) is 0 Å². The second-order valence-corrected chi connectivity index (χ2v) is 4.15. The molecule has 2 rings (SSSR count). The molecule has 0 unspecified atom stereocenters. The number of nitro groups is 1. The molecule has 0 aromatic heterocycles. The van der Waals surface area contributed by atoms with Crippen molar-refractivity contribution in [3.63, 3.8) is 0 Å². The Kier molecular flexibility index (Phi) is 3.42.